The largest absolute Gasteiger partial charge is 0.342 e. The second-order valence-electron chi connectivity index (χ2n) is 5.90. The summed E-state index contributed by atoms with van der Waals surface area (Å²) < 4.78 is 2.74. The topological polar surface area (TPSA) is 56.0 Å². The molecule has 0 spiro atoms. The van der Waals surface area contributed by atoms with Crippen molar-refractivity contribution in [1.29, 1.82) is 0 Å². The Morgan fingerprint density at radius 2 is 1.46 bits per heavy atom. The summed E-state index contributed by atoms with van der Waals surface area (Å²) in [5.74, 6) is 0. The number of amides is 1. The van der Waals surface area contributed by atoms with Crippen molar-refractivity contribution in [2.45, 2.75) is 6.42 Å². The number of carbonyl (C=O) groups is 1. The Bertz CT molecular complexity index is 1060. The summed E-state index contributed by atoms with van der Waals surface area (Å²) in [6, 6.07) is 17.9. The molecule has 26 heavy (non-hydrogen) atoms. The van der Waals surface area contributed by atoms with Crippen LogP contribution in [0.15, 0.2) is 77.6 Å². The number of nitrogens with zero attached hydrogens (tertiary/aromatic N) is 2. The summed E-state index contributed by atoms with van der Waals surface area (Å²) in [6.07, 6.45) is 8.36. The molecular weight excluding hydrogens is 326 g/mol. The molecule has 1 amide bonds. The van der Waals surface area contributed by atoms with Gasteiger partial charge in [0.15, 0.2) is 0 Å². The smallest absolute Gasteiger partial charge is 0.307 e. The Morgan fingerprint density at radius 3 is 2.15 bits per heavy atom. The minimum Gasteiger partial charge on any atom is -0.307 e. The maximum Gasteiger partial charge on any atom is 0.342 e. The third-order valence-electron chi connectivity index (χ3n) is 4.19. The summed E-state index contributed by atoms with van der Waals surface area (Å²) in [5.41, 5.74) is 2.23. The van der Waals surface area contributed by atoms with E-state index in [-0.39, 0.29) is 0 Å². The van der Waals surface area contributed by atoms with Crippen LogP contribution in [0.1, 0.15) is 17.8 Å². The van der Waals surface area contributed by atoms with Crippen molar-refractivity contribution in [3.8, 4) is 5.69 Å². The van der Waals surface area contributed by atoms with Crippen LogP contribution in [-0.2, 0) is 0 Å². The van der Waals surface area contributed by atoms with Crippen LogP contribution < -0.4 is 11.0 Å². The van der Waals surface area contributed by atoms with Crippen LogP contribution in [0, 0.1) is 0 Å². The molecule has 0 saturated carbocycles. The zero-order valence-electron chi connectivity index (χ0n) is 14.0. The molecule has 5 nitrogen and oxygen atoms in total. The van der Waals surface area contributed by atoms with Gasteiger partial charge in [0.25, 0.3) is 0 Å². The summed E-state index contributed by atoms with van der Waals surface area (Å²) in [7, 11) is 0. The number of anilines is 1. The van der Waals surface area contributed by atoms with Crippen LogP contribution in [-0.4, -0.2) is 15.2 Å². The highest BCUT2D eigenvalue weighted by atomic mass is 16.2. The van der Waals surface area contributed by atoms with E-state index in [4.69, 9.17) is 0 Å². The fourth-order valence-corrected chi connectivity index (χ4v) is 3.02. The number of allylic oxidation sites excluding steroid dienone is 2. The molecule has 0 atom stereocenters. The molecule has 4 rings (SSSR count). The lowest BCUT2D eigenvalue weighted by Gasteiger charge is -2.06. The number of hydrogen-bond acceptors (Lipinski definition) is 2. The number of rotatable bonds is 2. The average molecular weight is 343 g/mol. The van der Waals surface area contributed by atoms with Gasteiger partial charge in [-0.1, -0.05) is 48.6 Å². The fraction of sp³-hybridized carbons (Fsp3) is 0.0476. The Labute approximate surface area is 150 Å². The number of hydrogen-bond donors (Lipinski definition) is 1. The third-order valence-corrected chi connectivity index (χ3v) is 4.19. The molecule has 0 fully saturated rings. The number of benzene rings is 2. The van der Waals surface area contributed by atoms with Gasteiger partial charge in [0, 0.05) is 5.69 Å². The van der Waals surface area contributed by atoms with E-state index in [1.165, 1.54) is 4.57 Å². The predicted octanol–water partition coefficient (Wildman–Crippen LogP) is 4.15. The fourth-order valence-electron chi connectivity index (χ4n) is 3.02. The maximum atomic E-state index is 13.1. The quantitative estimate of drug-likeness (QED) is 0.760. The molecule has 0 aliphatic heterocycles. The first-order chi connectivity index (χ1) is 12.8. The first kappa shape index (κ1) is 15.9. The van der Waals surface area contributed by atoms with Gasteiger partial charge in [-0.3, -0.25) is 4.57 Å². The van der Waals surface area contributed by atoms with Gasteiger partial charge < -0.3 is 5.32 Å². The Morgan fingerprint density at radius 1 is 0.846 bits per heavy atom. The number of aromatic nitrogens is 2. The number of carbonyl (C=O) groups excluding carboxylic acids is 1. The summed E-state index contributed by atoms with van der Waals surface area (Å²) in [5, 5.41) is 2.79. The van der Waals surface area contributed by atoms with Crippen LogP contribution in [0.5, 0.6) is 0 Å². The summed E-state index contributed by atoms with van der Waals surface area (Å²) in [4.78, 5) is 25.9. The molecule has 1 heterocycles. The van der Waals surface area contributed by atoms with E-state index in [1.807, 2.05) is 72.8 Å². The van der Waals surface area contributed by atoms with Gasteiger partial charge >= 0.3 is 11.7 Å². The lowest BCUT2D eigenvalue weighted by Crippen LogP contribution is -2.32. The summed E-state index contributed by atoms with van der Waals surface area (Å²) >= 11 is 0. The number of imidazole rings is 1. The van der Waals surface area contributed by atoms with Gasteiger partial charge in [0.05, 0.1) is 17.1 Å². The van der Waals surface area contributed by atoms with Gasteiger partial charge in [-0.15, -0.1) is 0 Å². The molecule has 1 N–H and O–H groups in total. The van der Waals surface area contributed by atoms with E-state index in [9.17, 15) is 9.59 Å². The molecule has 1 aliphatic rings. The number of fused-ring (bicyclic) bond motifs is 1. The van der Waals surface area contributed by atoms with Crippen molar-refractivity contribution in [3.63, 3.8) is 0 Å². The van der Waals surface area contributed by atoms with Crippen LogP contribution >= 0.6 is 0 Å². The Kier molecular flexibility index (Phi) is 4.11. The van der Waals surface area contributed by atoms with E-state index in [2.05, 4.69) is 5.32 Å². The van der Waals surface area contributed by atoms with Crippen LogP contribution in [0.4, 0.5) is 10.5 Å². The van der Waals surface area contributed by atoms with Gasteiger partial charge in [-0.05, 0) is 42.8 Å². The van der Waals surface area contributed by atoms with Crippen molar-refractivity contribution in [1.82, 2.24) is 9.13 Å². The highest BCUT2D eigenvalue weighted by Gasteiger charge is 2.22. The second kappa shape index (κ2) is 6.72. The highest BCUT2D eigenvalue weighted by Crippen LogP contribution is 2.20. The molecule has 128 valence electrons. The van der Waals surface area contributed by atoms with Gasteiger partial charge in [-0.2, -0.15) is 0 Å². The monoisotopic (exact) mass is 343 g/mol. The molecule has 0 unspecified atom stereocenters. The Balaban J connectivity index is 1.88. The minimum absolute atomic E-state index is 0.397. The van der Waals surface area contributed by atoms with Crippen molar-refractivity contribution >= 4 is 23.9 Å². The Hall–Kier alpha value is -3.60. The van der Waals surface area contributed by atoms with E-state index >= 15 is 0 Å². The number of nitrogens with one attached hydrogen (secondary N) is 1. The molecule has 0 saturated heterocycles. The molecule has 5 heteroatoms. The normalized spacial score (nSPS) is 12.5. The van der Waals surface area contributed by atoms with E-state index in [0.29, 0.717) is 17.1 Å². The predicted molar refractivity (Wildman–Crippen MR) is 104 cm³/mol. The van der Waals surface area contributed by atoms with Gasteiger partial charge in [0.1, 0.15) is 0 Å². The standard InChI is InChI=1S/C21H17N3O2/c25-20(22-16-10-4-1-5-11-16)24-19-15-9-3-8-14-18(19)23(21(24)26)17-12-6-2-7-13-17/h1-2,4-15H,3H2,(H,22,25). The summed E-state index contributed by atoms with van der Waals surface area (Å²) in [6.45, 7) is 0. The van der Waals surface area contributed by atoms with Crippen LogP contribution in [0.2, 0.25) is 0 Å². The van der Waals surface area contributed by atoms with E-state index in [1.54, 1.807) is 16.7 Å². The maximum absolute atomic E-state index is 13.1. The van der Waals surface area contributed by atoms with Crippen molar-refractivity contribution < 1.29 is 4.79 Å². The van der Waals surface area contributed by atoms with Crippen molar-refractivity contribution in [2.24, 2.45) is 0 Å². The zero-order chi connectivity index (χ0) is 17.9. The average Bonchev–Trinajstić information content (AvgIpc) is 2.80. The van der Waals surface area contributed by atoms with E-state index < -0.39 is 11.7 Å². The molecule has 0 bridgehead atoms. The van der Waals surface area contributed by atoms with Crippen LogP contribution in [0.25, 0.3) is 17.8 Å². The third kappa shape index (κ3) is 2.80. The first-order valence-electron chi connectivity index (χ1n) is 8.38. The van der Waals surface area contributed by atoms with Crippen molar-refractivity contribution in [2.75, 3.05) is 5.32 Å². The molecule has 1 aliphatic carbocycles. The molecule has 2 aromatic carbocycles. The van der Waals surface area contributed by atoms with Crippen molar-refractivity contribution in [3.05, 3.63) is 94.7 Å². The lowest BCUT2D eigenvalue weighted by atomic mass is 10.2. The molecule has 1 aromatic heterocycles. The van der Waals surface area contributed by atoms with E-state index in [0.717, 1.165) is 12.1 Å². The van der Waals surface area contributed by atoms with Gasteiger partial charge in [0.2, 0.25) is 0 Å². The molecular formula is C21H17N3O2. The second-order valence-corrected chi connectivity index (χ2v) is 5.90. The first-order valence-corrected chi connectivity index (χ1v) is 8.38. The van der Waals surface area contributed by atoms with Gasteiger partial charge in [-0.25, -0.2) is 14.2 Å². The molecule has 3 aromatic rings. The minimum atomic E-state index is -0.480. The highest BCUT2D eigenvalue weighted by molar-refractivity contribution is 5.93. The molecule has 0 radical (unpaired) electrons. The number of para-hydroxylation sites is 2. The lowest BCUT2D eigenvalue weighted by molar-refractivity contribution is 0.252. The van der Waals surface area contributed by atoms with Crippen LogP contribution in [0.3, 0.4) is 0 Å². The SMILES string of the molecule is O=C(Nc1ccccc1)n1c2c(n(-c3ccccc3)c1=O)C=CCC=C2. The zero-order valence-corrected chi connectivity index (χ0v) is 14.0.